The molecule has 0 radical (unpaired) electrons. The highest BCUT2D eigenvalue weighted by Gasteiger charge is 2.36. The van der Waals surface area contributed by atoms with Crippen molar-refractivity contribution < 1.29 is 4.74 Å². The van der Waals surface area contributed by atoms with Gasteiger partial charge in [0.1, 0.15) is 17.4 Å². The van der Waals surface area contributed by atoms with Gasteiger partial charge in [-0.2, -0.15) is 5.26 Å². The lowest BCUT2D eigenvalue weighted by Crippen LogP contribution is -2.48. The Morgan fingerprint density at radius 3 is 3.10 bits per heavy atom. The molecule has 1 fully saturated rings. The SMILES string of the molecule is CNC1(C#N)CCCC(Oc2cccc3ncccc23)C1. The third kappa shape index (κ3) is 2.70. The van der Waals surface area contributed by atoms with Crippen molar-refractivity contribution in [3.8, 4) is 11.8 Å². The normalized spacial score (nSPS) is 25.4. The van der Waals surface area contributed by atoms with Gasteiger partial charge in [-0.3, -0.25) is 4.98 Å². The van der Waals surface area contributed by atoms with Gasteiger partial charge in [-0.25, -0.2) is 0 Å². The zero-order valence-electron chi connectivity index (χ0n) is 12.2. The molecule has 0 saturated heterocycles. The van der Waals surface area contributed by atoms with Crippen LogP contribution in [0, 0.1) is 11.3 Å². The van der Waals surface area contributed by atoms with Crippen molar-refractivity contribution in [2.75, 3.05) is 7.05 Å². The number of hydrogen-bond donors (Lipinski definition) is 1. The van der Waals surface area contributed by atoms with Crippen molar-refractivity contribution in [3.63, 3.8) is 0 Å². The van der Waals surface area contributed by atoms with Crippen LogP contribution < -0.4 is 10.1 Å². The van der Waals surface area contributed by atoms with Gasteiger partial charge in [-0.1, -0.05) is 6.07 Å². The quantitative estimate of drug-likeness (QED) is 0.939. The number of benzene rings is 1. The molecule has 108 valence electrons. The summed E-state index contributed by atoms with van der Waals surface area (Å²) in [4.78, 5) is 4.35. The van der Waals surface area contributed by atoms with Gasteiger partial charge in [0.2, 0.25) is 0 Å². The van der Waals surface area contributed by atoms with Crippen LogP contribution in [-0.4, -0.2) is 23.7 Å². The molecule has 1 aromatic heterocycles. The van der Waals surface area contributed by atoms with Crippen LogP contribution in [0.4, 0.5) is 0 Å². The van der Waals surface area contributed by atoms with Crippen LogP contribution in [0.15, 0.2) is 36.5 Å². The Kier molecular flexibility index (Phi) is 3.76. The molecule has 21 heavy (non-hydrogen) atoms. The molecule has 1 saturated carbocycles. The van der Waals surface area contributed by atoms with E-state index in [0.29, 0.717) is 0 Å². The van der Waals surface area contributed by atoms with Crippen LogP contribution in [0.2, 0.25) is 0 Å². The zero-order valence-corrected chi connectivity index (χ0v) is 12.2. The summed E-state index contributed by atoms with van der Waals surface area (Å²) < 4.78 is 6.20. The van der Waals surface area contributed by atoms with Crippen LogP contribution in [0.1, 0.15) is 25.7 Å². The topological polar surface area (TPSA) is 57.9 Å². The second-order valence-electron chi connectivity index (χ2n) is 5.61. The molecule has 0 amide bonds. The fourth-order valence-electron chi connectivity index (χ4n) is 3.07. The molecule has 1 heterocycles. The summed E-state index contributed by atoms with van der Waals surface area (Å²) in [5.74, 6) is 0.857. The minimum Gasteiger partial charge on any atom is -0.490 e. The highest BCUT2D eigenvalue weighted by atomic mass is 16.5. The number of nitrogens with zero attached hydrogens (tertiary/aromatic N) is 2. The van der Waals surface area contributed by atoms with E-state index in [-0.39, 0.29) is 6.10 Å². The van der Waals surface area contributed by atoms with E-state index in [2.05, 4.69) is 16.4 Å². The fraction of sp³-hybridized carbons (Fsp3) is 0.412. The Morgan fingerprint density at radius 2 is 2.29 bits per heavy atom. The van der Waals surface area contributed by atoms with Gasteiger partial charge in [0.05, 0.1) is 11.6 Å². The molecule has 3 rings (SSSR count). The lowest BCUT2D eigenvalue weighted by Gasteiger charge is -2.35. The summed E-state index contributed by atoms with van der Waals surface area (Å²) in [6.07, 6.45) is 5.45. The first-order valence-corrected chi connectivity index (χ1v) is 7.37. The third-order valence-electron chi connectivity index (χ3n) is 4.30. The molecular formula is C17H19N3O. The molecule has 0 spiro atoms. The van der Waals surface area contributed by atoms with Crippen LogP contribution in [0.3, 0.4) is 0 Å². The predicted molar refractivity (Wildman–Crippen MR) is 82.0 cm³/mol. The molecule has 2 aromatic rings. The van der Waals surface area contributed by atoms with E-state index < -0.39 is 5.54 Å². The van der Waals surface area contributed by atoms with Gasteiger partial charge >= 0.3 is 0 Å². The number of ether oxygens (including phenoxy) is 1. The molecule has 0 aliphatic heterocycles. The first-order valence-electron chi connectivity index (χ1n) is 7.37. The van der Waals surface area contributed by atoms with Crippen LogP contribution in [0.5, 0.6) is 5.75 Å². The number of aromatic nitrogens is 1. The molecule has 1 aliphatic carbocycles. The van der Waals surface area contributed by atoms with Crippen LogP contribution in [0.25, 0.3) is 10.9 Å². The van der Waals surface area contributed by atoms with Crippen molar-refractivity contribution >= 4 is 10.9 Å². The Balaban J connectivity index is 1.84. The minimum absolute atomic E-state index is 0.0663. The van der Waals surface area contributed by atoms with E-state index in [1.54, 1.807) is 6.20 Å². The smallest absolute Gasteiger partial charge is 0.129 e. The van der Waals surface area contributed by atoms with Gasteiger partial charge in [-0.05, 0) is 50.6 Å². The second-order valence-corrected chi connectivity index (χ2v) is 5.61. The number of nitriles is 1. The number of fused-ring (bicyclic) bond motifs is 1. The van der Waals surface area contributed by atoms with Gasteiger partial charge in [0.25, 0.3) is 0 Å². The lowest BCUT2D eigenvalue weighted by atomic mass is 9.81. The van der Waals surface area contributed by atoms with Gasteiger partial charge in [0, 0.05) is 18.0 Å². The Bertz CT molecular complexity index is 674. The highest BCUT2D eigenvalue weighted by Crippen LogP contribution is 2.32. The molecule has 4 nitrogen and oxygen atoms in total. The van der Waals surface area contributed by atoms with Crippen molar-refractivity contribution in [1.82, 2.24) is 10.3 Å². The largest absolute Gasteiger partial charge is 0.490 e. The third-order valence-corrected chi connectivity index (χ3v) is 4.30. The maximum absolute atomic E-state index is 9.42. The standard InChI is InChI=1S/C17H19N3O/c1-19-17(12-18)9-3-5-13(11-17)21-16-8-2-7-15-14(16)6-4-10-20-15/h2,4,6-8,10,13,19H,3,5,9,11H2,1H3. The summed E-state index contributed by atoms with van der Waals surface area (Å²) in [5.41, 5.74) is 0.483. The van der Waals surface area contributed by atoms with Gasteiger partial charge in [0.15, 0.2) is 0 Å². The number of nitrogens with one attached hydrogen (secondary N) is 1. The van der Waals surface area contributed by atoms with Crippen LogP contribution in [-0.2, 0) is 0 Å². The molecule has 1 N–H and O–H groups in total. The molecule has 2 atom stereocenters. The van der Waals surface area contributed by atoms with Gasteiger partial charge < -0.3 is 10.1 Å². The summed E-state index contributed by atoms with van der Waals surface area (Å²) in [5, 5.41) is 13.6. The number of rotatable bonds is 3. The number of hydrogen-bond acceptors (Lipinski definition) is 4. The molecule has 4 heteroatoms. The first-order chi connectivity index (χ1) is 10.3. The fourth-order valence-corrected chi connectivity index (χ4v) is 3.07. The molecule has 2 unspecified atom stereocenters. The summed E-state index contributed by atoms with van der Waals surface area (Å²) in [7, 11) is 1.85. The molecule has 1 aliphatic rings. The lowest BCUT2D eigenvalue weighted by molar-refractivity contribution is 0.117. The van der Waals surface area contributed by atoms with Crippen molar-refractivity contribution in [2.24, 2.45) is 0 Å². The second kappa shape index (κ2) is 5.71. The Labute approximate surface area is 124 Å². The maximum atomic E-state index is 9.42. The monoisotopic (exact) mass is 281 g/mol. The molecule has 0 bridgehead atoms. The van der Waals surface area contributed by atoms with Gasteiger partial charge in [-0.15, -0.1) is 0 Å². The van der Waals surface area contributed by atoms with E-state index in [9.17, 15) is 5.26 Å². The summed E-state index contributed by atoms with van der Waals surface area (Å²) >= 11 is 0. The van der Waals surface area contributed by atoms with Crippen LogP contribution >= 0.6 is 0 Å². The predicted octanol–water partition coefficient (Wildman–Crippen LogP) is 3.04. The van der Waals surface area contributed by atoms with E-state index in [1.807, 2.05) is 37.4 Å². The van der Waals surface area contributed by atoms with Crippen molar-refractivity contribution in [2.45, 2.75) is 37.3 Å². The average Bonchev–Trinajstić information content (AvgIpc) is 2.55. The maximum Gasteiger partial charge on any atom is 0.129 e. The van der Waals surface area contributed by atoms with E-state index in [0.717, 1.165) is 42.3 Å². The van der Waals surface area contributed by atoms with E-state index in [4.69, 9.17) is 4.74 Å². The zero-order chi connectivity index (χ0) is 14.7. The minimum atomic E-state index is -0.453. The molecular weight excluding hydrogens is 262 g/mol. The summed E-state index contributed by atoms with van der Waals surface area (Å²) in [6, 6.07) is 12.3. The van der Waals surface area contributed by atoms with Crippen molar-refractivity contribution in [3.05, 3.63) is 36.5 Å². The van der Waals surface area contributed by atoms with E-state index >= 15 is 0 Å². The summed E-state index contributed by atoms with van der Waals surface area (Å²) in [6.45, 7) is 0. The van der Waals surface area contributed by atoms with E-state index in [1.165, 1.54) is 0 Å². The number of pyridine rings is 1. The van der Waals surface area contributed by atoms with Crippen molar-refractivity contribution in [1.29, 1.82) is 5.26 Å². The first kappa shape index (κ1) is 13.8. The Hall–Kier alpha value is -2.12. The highest BCUT2D eigenvalue weighted by molar-refractivity contribution is 5.84. The average molecular weight is 281 g/mol. The Morgan fingerprint density at radius 1 is 1.38 bits per heavy atom. The molecule has 1 aromatic carbocycles.